The molecular weight excluding hydrogens is 400 g/mol. The van der Waals surface area contributed by atoms with Crippen molar-refractivity contribution in [2.75, 3.05) is 5.32 Å². The van der Waals surface area contributed by atoms with Crippen molar-refractivity contribution in [2.24, 2.45) is 0 Å². The number of carbonyl (C=O) groups excluding carboxylic acids is 1. The molecule has 0 aliphatic carbocycles. The molecule has 0 aliphatic heterocycles. The van der Waals surface area contributed by atoms with Gasteiger partial charge in [-0.05, 0) is 24.4 Å². The van der Waals surface area contributed by atoms with E-state index in [-0.39, 0.29) is 17.7 Å². The van der Waals surface area contributed by atoms with Gasteiger partial charge in [-0.3, -0.25) is 4.79 Å². The molecule has 1 amide bonds. The van der Waals surface area contributed by atoms with Gasteiger partial charge in [0.05, 0.1) is 22.7 Å². The molecule has 0 fully saturated rings. The second kappa shape index (κ2) is 7.83. The van der Waals surface area contributed by atoms with Crippen LogP contribution in [0.3, 0.4) is 0 Å². The summed E-state index contributed by atoms with van der Waals surface area (Å²) in [5.74, 6) is 1.84. The third-order valence-electron chi connectivity index (χ3n) is 4.44. The lowest BCUT2D eigenvalue weighted by molar-refractivity contribution is -0.115. The van der Waals surface area contributed by atoms with Gasteiger partial charge in [0, 0.05) is 23.9 Å². The Balaban J connectivity index is 1.58. The first-order valence-electron chi connectivity index (χ1n) is 9.49. The average molecular weight is 423 g/mol. The van der Waals surface area contributed by atoms with Crippen molar-refractivity contribution in [1.82, 2.24) is 24.7 Å². The van der Waals surface area contributed by atoms with Crippen LogP contribution in [0.5, 0.6) is 0 Å². The number of hydrogen-bond donors (Lipinski definition) is 1. The number of thiophene rings is 1. The molecule has 4 aromatic heterocycles. The lowest BCUT2D eigenvalue weighted by Gasteiger charge is -2.13. The first-order valence-corrected chi connectivity index (χ1v) is 10.4. The highest BCUT2D eigenvalue weighted by molar-refractivity contribution is 7.13. The van der Waals surface area contributed by atoms with E-state index in [1.165, 1.54) is 0 Å². The third kappa shape index (κ3) is 4.16. The van der Waals surface area contributed by atoms with Gasteiger partial charge in [0.25, 0.3) is 5.95 Å². The molecule has 9 heteroatoms. The highest BCUT2D eigenvalue weighted by Gasteiger charge is 2.23. The summed E-state index contributed by atoms with van der Waals surface area (Å²) in [5, 5.41) is 9.49. The van der Waals surface area contributed by atoms with Crippen molar-refractivity contribution in [3.05, 3.63) is 59.2 Å². The van der Waals surface area contributed by atoms with Crippen LogP contribution in [0, 0.1) is 6.92 Å². The summed E-state index contributed by atoms with van der Waals surface area (Å²) in [4.78, 5) is 26.7. The SMILES string of the molecule is Cc1oc(-c2cccs2)nc1CC(=O)Nc1cc(C(C)(C)C)nn1-c1ncccn1. The number of nitrogens with one attached hydrogen (secondary N) is 1. The molecule has 30 heavy (non-hydrogen) atoms. The highest BCUT2D eigenvalue weighted by atomic mass is 32.1. The summed E-state index contributed by atoms with van der Waals surface area (Å²) in [7, 11) is 0. The van der Waals surface area contributed by atoms with Crippen LogP contribution in [-0.2, 0) is 16.6 Å². The number of carbonyl (C=O) groups is 1. The number of rotatable bonds is 5. The van der Waals surface area contributed by atoms with Crippen molar-refractivity contribution < 1.29 is 9.21 Å². The molecule has 0 aliphatic rings. The van der Waals surface area contributed by atoms with Crippen LogP contribution in [0.2, 0.25) is 0 Å². The van der Waals surface area contributed by atoms with Gasteiger partial charge in [-0.15, -0.1) is 11.3 Å². The molecular formula is C21H22N6O2S. The minimum Gasteiger partial charge on any atom is -0.440 e. The number of aromatic nitrogens is 5. The quantitative estimate of drug-likeness (QED) is 0.518. The number of anilines is 1. The standard InChI is InChI=1S/C21H22N6O2S/c1-13-14(24-19(29-13)15-7-5-10-30-15)11-18(28)25-17-12-16(21(2,3)4)26-27(17)20-22-8-6-9-23-20/h5-10,12H,11H2,1-4H3,(H,25,28). The monoisotopic (exact) mass is 422 g/mol. The molecule has 0 bridgehead atoms. The van der Waals surface area contributed by atoms with Crippen molar-refractivity contribution in [3.8, 4) is 16.7 Å². The number of hydrogen-bond acceptors (Lipinski definition) is 7. The van der Waals surface area contributed by atoms with Crippen LogP contribution in [0.15, 0.2) is 46.5 Å². The van der Waals surface area contributed by atoms with Crippen LogP contribution in [0.1, 0.15) is 37.9 Å². The Morgan fingerprint density at radius 1 is 1.23 bits per heavy atom. The minimum atomic E-state index is -0.221. The van der Waals surface area contributed by atoms with E-state index in [0.29, 0.717) is 29.1 Å². The van der Waals surface area contributed by atoms with Crippen LogP contribution in [-0.4, -0.2) is 30.6 Å². The summed E-state index contributed by atoms with van der Waals surface area (Å²) in [5.41, 5.74) is 1.23. The molecule has 0 spiro atoms. The van der Waals surface area contributed by atoms with Crippen LogP contribution < -0.4 is 5.32 Å². The van der Waals surface area contributed by atoms with Crippen molar-refractivity contribution in [3.63, 3.8) is 0 Å². The summed E-state index contributed by atoms with van der Waals surface area (Å²) in [6.45, 7) is 7.98. The Bertz CT molecular complexity index is 1160. The van der Waals surface area contributed by atoms with E-state index in [4.69, 9.17) is 4.42 Å². The molecule has 154 valence electrons. The molecule has 0 saturated carbocycles. The molecule has 0 unspecified atom stereocenters. The van der Waals surface area contributed by atoms with Gasteiger partial charge in [0.1, 0.15) is 11.6 Å². The maximum Gasteiger partial charge on any atom is 0.252 e. The van der Waals surface area contributed by atoms with Gasteiger partial charge in [-0.1, -0.05) is 26.8 Å². The van der Waals surface area contributed by atoms with E-state index in [0.717, 1.165) is 10.6 Å². The van der Waals surface area contributed by atoms with Crippen molar-refractivity contribution in [2.45, 2.75) is 39.5 Å². The molecule has 0 radical (unpaired) electrons. The predicted molar refractivity (Wildman–Crippen MR) is 115 cm³/mol. The minimum absolute atomic E-state index is 0.0897. The second-order valence-electron chi connectivity index (χ2n) is 7.85. The zero-order valence-electron chi connectivity index (χ0n) is 17.2. The molecule has 0 atom stereocenters. The van der Waals surface area contributed by atoms with Gasteiger partial charge in [-0.25, -0.2) is 15.0 Å². The summed E-state index contributed by atoms with van der Waals surface area (Å²) >= 11 is 1.54. The van der Waals surface area contributed by atoms with Crippen molar-refractivity contribution >= 4 is 23.1 Å². The van der Waals surface area contributed by atoms with Gasteiger partial charge in [0.2, 0.25) is 11.8 Å². The van der Waals surface area contributed by atoms with E-state index >= 15 is 0 Å². The Labute approximate surface area is 178 Å². The first-order chi connectivity index (χ1) is 14.3. The largest absolute Gasteiger partial charge is 0.440 e. The molecule has 8 nitrogen and oxygen atoms in total. The number of amides is 1. The predicted octanol–water partition coefficient (Wildman–Crippen LogP) is 4.17. The Morgan fingerprint density at radius 2 is 2.00 bits per heavy atom. The van der Waals surface area contributed by atoms with E-state index in [1.807, 2.05) is 30.5 Å². The fourth-order valence-corrected chi connectivity index (χ4v) is 3.48. The van der Waals surface area contributed by atoms with Gasteiger partial charge >= 0.3 is 0 Å². The van der Waals surface area contributed by atoms with Crippen molar-refractivity contribution in [1.29, 1.82) is 0 Å². The summed E-state index contributed by atoms with van der Waals surface area (Å²) < 4.78 is 7.28. The average Bonchev–Trinajstić information content (AvgIpc) is 3.43. The molecule has 4 aromatic rings. The summed E-state index contributed by atoms with van der Waals surface area (Å²) in [6.07, 6.45) is 3.36. The number of nitrogens with zero attached hydrogens (tertiary/aromatic N) is 5. The summed E-state index contributed by atoms with van der Waals surface area (Å²) in [6, 6.07) is 7.45. The van der Waals surface area contributed by atoms with E-state index in [9.17, 15) is 4.79 Å². The molecule has 1 N–H and O–H groups in total. The molecule has 0 saturated heterocycles. The Kier molecular flexibility index (Phi) is 5.21. The zero-order valence-corrected chi connectivity index (χ0v) is 18.0. The van der Waals surface area contributed by atoms with Gasteiger partial charge < -0.3 is 9.73 Å². The number of aryl methyl sites for hydroxylation is 1. The fourth-order valence-electron chi connectivity index (χ4n) is 2.83. The van der Waals surface area contributed by atoms with Crippen LogP contribution >= 0.6 is 11.3 Å². The van der Waals surface area contributed by atoms with Crippen LogP contribution in [0.4, 0.5) is 5.82 Å². The third-order valence-corrected chi connectivity index (χ3v) is 5.30. The van der Waals surface area contributed by atoms with Crippen LogP contribution in [0.25, 0.3) is 16.7 Å². The Hall–Kier alpha value is -3.33. The first kappa shape index (κ1) is 20.0. The normalized spacial score (nSPS) is 11.6. The lowest BCUT2D eigenvalue weighted by Crippen LogP contribution is -2.18. The topological polar surface area (TPSA) is 98.7 Å². The maximum atomic E-state index is 12.8. The van der Waals surface area contributed by atoms with Gasteiger partial charge in [-0.2, -0.15) is 9.78 Å². The highest BCUT2D eigenvalue weighted by Crippen LogP contribution is 2.27. The maximum absolute atomic E-state index is 12.8. The van der Waals surface area contributed by atoms with E-state index in [1.54, 1.807) is 34.5 Å². The Morgan fingerprint density at radius 3 is 2.67 bits per heavy atom. The molecule has 4 heterocycles. The molecule has 0 aromatic carbocycles. The number of oxazole rings is 1. The fraction of sp³-hybridized carbons (Fsp3) is 0.286. The van der Waals surface area contributed by atoms with E-state index < -0.39 is 0 Å². The smallest absolute Gasteiger partial charge is 0.252 e. The van der Waals surface area contributed by atoms with Gasteiger partial charge in [0.15, 0.2) is 0 Å². The molecule has 4 rings (SSSR count). The second-order valence-corrected chi connectivity index (χ2v) is 8.80. The lowest BCUT2D eigenvalue weighted by atomic mass is 9.92. The zero-order chi connectivity index (χ0) is 21.3. The van der Waals surface area contributed by atoms with E-state index in [2.05, 4.69) is 46.1 Å².